The van der Waals surface area contributed by atoms with Crippen molar-refractivity contribution in [3.63, 3.8) is 0 Å². The number of hydrogen-bond acceptors (Lipinski definition) is 2. The van der Waals surface area contributed by atoms with Crippen molar-refractivity contribution >= 4 is 12.2 Å². The van der Waals surface area contributed by atoms with E-state index >= 15 is 0 Å². The van der Waals surface area contributed by atoms with Crippen LogP contribution in [0.5, 0.6) is 0 Å². The summed E-state index contributed by atoms with van der Waals surface area (Å²) in [5.74, 6) is 0. The summed E-state index contributed by atoms with van der Waals surface area (Å²) in [6.07, 6.45) is 11.5. The lowest BCUT2D eigenvalue weighted by atomic mass is 10.1. The molecule has 0 atom stereocenters. The molecule has 3 aromatic rings. The second-order valence-corrected chi connectivity index (χ2v) is 4.16. The standard InChI is InChI=1S/C16H13N3/c1-10-18-19(13-1)16-6-4-14(5-7-16)2-3-15-8-11-17-12-9-15/h1-13H/b3-2+. The lowest BCUT2D eigenvalue weighted by Gasteiger charge is -2.01. The van der Waals surface area contributed by atoms with Crippen LogP contribution in [-0.4, -0.2) is 14.8 Å². The van der Waals surface area contributed by atoms with E-state index in [0.717, 1.165) is 16.8 Å². The van der Waals surface area contributed by atoms with Crippen molar-refractivity contribution in [3.8, 4) is 5.69 Å². The topological polar surface area (TPSA) is 30.7 Å². The summed E-state index contributed by atoms with van der Waals surface area (Å²) in [5, 5.41) is 4.20. The Morgan fingerprint density at radius 2 is 1.47 bits per heavy atom. The van der Waals surface area contributed by atoms with E-state index in [4.69, 9.17) is 0 Å². The Morgan fingerprint density at radius 1 is 0.789 bits per heavy atom. The first-order valence-corrected chi connectivity index (χ1v) is 6.10. The molecule has 0 spiro atoms. The third-order valence-electron chi connectivity index (χ3n) is 2.84. The molecule has 0 fully saturated rings. The molecule has 0 aliphatic carbocycles. The van der Waals surface area contributed by atoms with Gasteiger partial charge in [-0.05, 0) is 41.5 Å². The third kappa shape index (κ3) is 2.77. The highest BCUT2D eigenvalue weighted by molar-refractivity contribution is 5.69. The largest absolute Gasteiger partial charge is 0.265 e. The smallest absolute Gasteiger partial charge is 0.0645 e. The first-order chi connectivity index (χ1) is 9.42. The molecule has 2 heterocycles. The Kier molecular flexibility index (Phi) is 3.19. The van der Waals surface area contributed by atoms with Crippen LogP contribution in [0.1, 0.15) is 11.1 Å². The maximum Gasteiger partial charge on any atom is 0.0645 e. The van der Waals surface area contributed by atoms with Crippen LogP contribution >= 0.6 is 0 Å². The number of aromatic nitrogens is 3. The van der Waals surface area contributed by atoms with Gasteiger partial charge in [-0.15, -0.1) is 0 Å². The van der Waals surface area contributed by atoms with Gasteiger partial charge in [0, 0.05) is 24.8 Å². The van der Waals surface area contributed by atoms with Crippen LogP contribution in [-0.2, 0) is 0 Å². The van der Waals surface area contributed by atoms with Crippen LogP contribution in [0.25, 0.3) is 17.8 Å². The highest BCUT2D eigenvalue weighted by Gasteiger charge is 1.94. The molecular formula is C16H13N3. The molecule has 0 N–H and O–H groups in total. The van der Waals surface area contributed by atoms with E-state index in [1.54, 1.807) is 18.6 Å². The molecule has 2 aromatic heterocycles. The van der Waals surface area contributed by atoms with Crippen LogP contribution in [0.2, 0.25) is 0 Å². The van der Waals surface area contributed by atoms with Crippen molar-refractivity contribution in [1.29, 1.82) is 0 Å². The van der Waals surface area contributed by atoms with Gasteiger partial charge in [0.05, 0.1) is 5.69 Å². The minimum absolute atomic E-state index is 1.06. The molecular weight excluding hydrogens is 234 g/mol. The molecule has 0 aliphatic heterocycles. The Hall–Kier alpha value is -2.68. The minimum Gasteiger partial charge on any atom is -0.265 e. The predicted molar refractivity (Wildman–Crippen MR) is 76.7 cm³/mol. The summed E-state index contributed by atoms with van der Waals surface area (Å²) in [6.45, 7) is 0. The van der Waals surface area contributed by atoms with E-state index in [0.29, 0.717) is 0 Å². The van der Waals surface area contributed by atoms with Gasteiger partial charge in [-0.3, -0.25) is 4.98 Å². The lowest BCUT2D eigenvalue weighted by molar-refractivity contribution is 0.880. The van der Waals surface area contributed by atoms with Gasteiger partial charge in [-0.2, -0.15) is 5.10 Å². The maximum atomic E-state index is 4.20. The second kappa shape index (κ2) is 5.31. The van der Waals surface area contributed by atoms with E-state index in [1.165, 1.54) is 0 Å². The van der Waals surface area contributed by atoms with Gasteiger partial charge in [0.25, 0.3) is 0 Å². The van der Waals surface area contributed by atoms with Crippen LogP contribution in [0.15, 0.2) is 67.3 Å². The van der Waals surface area contributed by atoms with Gasteiger partial charge in [0.15, 0.2) is 0 Å². The molecule has 92 valence electrons. The normalized spacial score (nSPS) is 10.9. The van der Waals surface area contributed by atoms with Crippen molar-refractivity contribution in [3.05, 3.63) is 78.4 Å². The summed E-state index contributed by atoms with van der Waals surface area (Å²) in [6, 6.07) is 14.1. The van der Waals surface area contributed by atoms with Crippen LogP contribution < -0.4 is 0 Å². The van der Waals surface area contributed by atoms with E-state index in [-0.39, 0.29) is 0 Å². The van der Waals surface area contributed by atoms with E-state index < -0.39 is 0 Å². The highest BCUT2D eigenvalue weighted by Crippen LogP contribution is 2.11. The summed E-state index contributed by atoms with van der Waals surface area (Å²) in [4.78, 5) is 4.00. The van der Waals surface area contributed by atoms with Gasteiger partial charge in [-0.25, -0.2) is 4.68 Å². The summed E-state index contributed by atoms with van der Waals surface area (Å²) in [7, 11) is 0. The molecule has 3 nitrogen and oxygen atoms in total. The minimum atomic E-state index is 1.06. The van der Waals surface area contributed by atoms with Crippen molar-refractivity contribution < 1.29 is 0 Å². The molecule has 0 radical (unpaired) electrons. The average molecular weight is 247 g/mol. The third-order valence-corrected chi connectivity index (χ3v) is 2.84. The van der Waals surface area contributed by atoms with Crippen molar-refractivity contribution in [1.82, 2.24) is 14.8 Å². The molecule has 0 aliphatic rings. The lowest BCUT2D eigenvalue weighted by Crippen LogP contribution is -1.93. The van der Waals surface area contributed by atoms with Gasteiger partial charge < -0.3 is 0 Å². The first-order valence-electron chi connectivity index (χ1n) is 6.10. The number of nitrogens with zero attached hydrogens (tertiary/aromatic N) is 3. The number of benzene rings is 1. The first kappa shape index (κ1) is 11.4. The zero-order valence-electron chi connectivity index (χ0n) is 10.3. The molecule has 0 bridgehead atoms. The monoisotopic (exact) mass is 247 g/mol. The average Bonchev–Trinajstić information content (AvgIpc) is 3.01. The zero-order valence-corrected chi connectivity index (χ0v) is 10.3. The molecule has 0 saturated heterocycles. The summed E-state index contributed by atoms with van der Waals surface area (Å²) < 4.78 is 1.84. The summed E-state index contributed by atoms with van der Waals surface area (Å²) in [5.41, 5.74) is 3.37. The number of rotatable bonds is 3. The Labute approximate surface area is 111 Å². The number of pyridine rings is 1. The molecule has 3 rings (SSSR count). The fourth-order valence-corrected chi connectivity index (χ4v) is 1.83. The second-order valence-electron chi connectivity index (χ2n) is 4.16. The van der Waals surface area contributed by atoms with E-state index in [1.807, 2.05) is 29.1 Å². The van der Waals surface area contributed by atoms with Crippen molar-refractivity contribution in [2.75, 3.05) is 0 Å². The molecule has 3 heteroatoms. The SMILES string of the molecule is C(=C\c1ccc(-n2cccn2)cc1)/c1ccncc1. The Bertz CT molecular complexity index is 653. The fourth-order valence-electron chi connectivity index (χ4n) is 1.83. The van der Waals surface area contributed by atoms with Gasteiger partial charge >= 0.3 is 0 Å². The summed E-state index contributed by atoms with van der Waals surface area (Å²) >= 11 is 0. The van der Waals surface area contributed by atoms with Gasteiger partial charge in [0.1, 0.15) is 0 Å². The molecule has 1 aromatic carbocycles. The van der Waals surface area contributed by atoms with Gasteiger partial charge in [-0.1, -0.05) is 24.3 Å². The van der Waals surface area contributed by atoms with Crippen LogP contribution in [0, 0.1) is 0 Å². The Balaban J connectivity index is 1.78. The van der Waals surface area contributed by atoms with Crippen molar-refractivity contribution in [2.24, 2.45) is 0 Å². The predicted octanol–water partition coefficient (Wildman–Crippen LogP) is 3.44. The number of hydrogen-bond donors (Lipinski definition) is 0. The van der Waals surface area contributed by atoms with E-state index in [9.17, 15) is 0 Å². The molecule has 19 heavy (non-hydrogen) atoms. The van der Waals surface area contributed by atoms with Crippen LogP contribution in [0.4, 0.5) is 0 Å². The molecule has 0 unspecified atom stereocenters. The quantitative estimate of drug-likeness (QED) is 0.709. The molecule has 0 saturated carbocycles. The molecule has 0 amide bonds. The fraction of sp³-hybridized carbons (Fsp3) is 0. The highest BCUT2D eigenvalue weighted by atomic mass is 15.3. The van der Waals surface area contributed by atoms with Gasteiger partial charge in [0.2, 0.25) is 0 Å². The van der Waals surface area contributed by atoms with E-state index in [2.05, 4.69) is 46.5 Å². The zero-order chi connectivity index (χ0) is 12.9. The van der Waals surface area contributed by atoms with Crippen molar-refractivity contribution in [2.45, 2.75) is 0 Å². The Morgan fingerprint density at radius 3 is 2.11 bits per heavy atom. The maximum absolute atomic E-state index is 4.20. The van der Waals surface area contributed by atoms with Crippen LogP contribution in [0.3, 0.4) is 0 Å².